The number of ether oxygens (including phenoxy) is 1. The number of hydrogen-bond donors (Lipinski definition) is 1. The van der Waals surface area contributed by atoms with Crippen molar-refractivity contribution in [3.63, 3.8) is 0 Å². The lowest BCUT2D eigenvalue weighted by molar-refractivity contribution is -0.383. The quantitative estimate of drug-likeness (QED) is 0.674. The van der Waals surface area contributed by atoms with Crippen LogP contribution in [0.2, 0.25) is 0 Å². The Bertz CT molecular complexity index is 625. The maximum atomic E-state index is 12.1. The molecule has 10 heteroatoms. The standard InChI is InChI=1S/C8H4F3N3O3S/c9-8(10,11)17-3-1-4(14(15)16)6-5(2-3)18-7(12)13-6/h1-2H,(H2,12,13). The summed E-state index contributed by atoms with van der Waals surface area (Å²) < 4.78 is 39.9. The van der Waals surface area contributed by atoms with E-state index in [0.29, 0.717) is 6.07 Å². The van der Waals surface area contributed by atoms with Gasteiger partial charge in [-0.05, 0) is 0 Å². The minimum absolute atomic E-state index is 0.0252. The number of nitrogens with two attached hydrogens (primary N) is 1. The van der Waals surface area contributed by atoms with E-state index >= 15 is 0 Å². The molecule has 0 radical (unpaired) electrons. The molecule has 0 saturated heterocycles. The monoisotopic (exact) mass is 279 g/mol. The lowest BCUT2D eigenvalue weighted by Gasteiger charge is -2.08. The van der Waals surface area contributed by atoms with Crippen molar-refractivity contribution < 1.29 is 22.8 Å². The van der Waals surface area contributed by atoms with Crippen LogP contribution in [0.25, 0.3) is 10.2 Å². The Morgan fingerprint density at radius 1 is 1.44 bits per heavy atom. The molecule has 1 aromatic carbocycles. The lowest BCUT2D eigenvalue weighted by Crippen LogP contribution is -2.17. The first-order valence-corrected chi connectivity index (χ1v) is 5.18. The van der Waals surface area contributed by atoms with Gasteiger partial charge >= 0.3 is 6.36 Å². The molecule has 96 valence electrons. The first kappa shape index (κ1) is 12.4. The fourth-order valence-corrected chi connectivity index (χ4v) is 2.12. The smallest absolute Gasteiger partial charge is 0.405 e. The molecule has 0 fully saturated rings. The molecule has 0 unspecified atom stereocenters. The molecule has 0 amide bonds. The highest BCUT2D eigenvalue weighted by molar-refractivity contribution is 7.22. The summed E-state index contributed by atoms with van der Waals surface area (Å²) in [6.45, 7) is 0. The van der Waals surface area contributed by atoms with Gasteiger partial charge in [-0.15, -0.1) is 13.2 Å². The lowest BCUT2D eigenvalue weighted by atomic mass is 10.3. The van der Waals surface area contributed by atoms with Gasteiger partial charge in [0, 0.05) is 6.07 Å². The Morgan fingerprint density at radius 3 is 2.67 bits per heavy atom. The van der Waals surface area contributed by atoms with Crippen LogP contribution in [0.4, 0.5) is 24.0 Å². The molecule has 0 atom stereocenters. The predicted octanol–water partition coefficient (Wildman–Crippen LogP) is 2.69. The molecule has 6 nitrogen and oxygen atoms in total. The van der Waals surface area contributed by atoms with E-state index in [4.69, 9.17) is 5.73 Å². The molecule has 0 aliphatic rings. The van der Waals surface area contributed by atoms with Crippen molar-refractivity contribution in [3.8, 4) is 5.75 Å². The molecule has 0 aliphatic heterocycles. The number of benzene rings is 1. The third-order valence-electron chi connectivity index (χ3n) is 1.90. The highest BCUT2D eigenvalue weighted by Crippen LogP contribution is 2.36. The van der Waals surface area contributed by atoms with Crippen LogP contribution in [0, 0.1) is 10.1 Å². The summed E-state index contributed by atoms with van der Waals surface area (Å²) in [4.78, 5) is 13.6. The Hall–Kier alpha value is -2.10. The van der Waals surface area contributed by atoms with E-state index in [1.807, 2.05) is 0 Å². The van der Waals surface area contributed by atoms with Gasteiger partial charge in [-0.25, -0.2) is 4.98 Å². The highest BCUT2D eigenvalue weighted by Gasteiger charge is 2.32. The zero-order valence-corrected chi connectivity index (χ0v) is 9.21. The molecule has 2 aromatic rings. The number of alkyl halides is 3. The van der Waals surface area contributed by atoms with E-state index in [1.54, 1.807) is 0 Å². The van der Waals surface area contributed by atoms with E-state index < -0.39 is 22.7 Å². The van der Waals surface area contributed by atoms with E-state index in [-0.39, 0.29) is 15.3 Å². The number of fused-ring (bicyclic) bond motifs is 1. The van der Waals surface area contributed by atoms with Gasteiger partial charge in [0.1, 0.15) is 5.75 Å². The highest BCUT2D eigenvalue weighted by atomic mass is 32.1. The zero-order valence-electron chi connectivity index (χ0n) is 8.39. The average molecular weight is 279 g/mol. The van der Waals surface area contributed by atoms with Gasteiger partial charge in [0.2, 0.25) is 0 Å². The molecule has 2 rings (SSSR count). The Labute approximate surface area is 101 Å². The van der Waals surface area contributed by atoms with E-state index in [0.717, 1.165) is 17.4 Å². The van der Waals surface area contributed by atoms with Crippen LogP contribution in [-0.2, 0) is 0 Å². The van der Waals surface area contributed by atoms with Crippen LogP contribution in [0.3, 0.4) is 0 Å². The number of anilines is 1. The van der Waals surface area contributed by atoms with Crippen molar-refractivity contribution in [2.75, 3.05) is 5.73 Å². The second kappa shape index (κ2) is 3.98. The van der Waals surface area contributed by atoms with Gasteiger partial charge in [-0.2, -0.15) is 0 Å². The maximum Gasteiger partial charge on any atom is 0.573 e. The number of thiazole rings is 1. The van der Waals surface area contributed by atoms with Gasteiger partial charge in [-0.3, -0.25) is 10.1 Å². The van der Waals surface area contributed by atoms with Crippen LogP contribution < -0.4 is 10.5 Å². The number of nitrogens with zero attached hydrogens (tertiary/aromatic N) is 2. The number of non-ortho nitro benzene ring substituents is 1. The number of nitro groups is 1. The largest absolute Gasteiger partial charge is 0.573 e. The average Bonchev–Trinajstić information content (AvgIpc) is 2.53. The van der Waals surface area contributed by atoms with E-state index in [9.17, 15) is 23.3 Å². The van der Waals surface area contributed by atoms with Crippen LogP contribution in [0.15, 0.2) is 12.1 Å². The summed E-state index contributed by atoms with van der Waals surface area (Å²) in [6, 6.07) is 1.67. The SMILES string of the molecule is Nc1nc2c([N+](=O)[O-])cc(OC(F)(F)F)cc2s1. The first-order valence-electron chi connectivity index (χ1n) is 4.36. The second-order valence-corrected chi connectivity index (χ2v) is 4.21. The Kier molecular flexibility index (Phi) is 2.73. The van der Waals surface area contributed by atoms with Crippen LogP contribution in [-0.4, -0.2) is 16.3 Å². The molecular formula is C8H4F3N3O3S. The topological polar surface area (TPSA) is 91.3 Å². The number of nitro benzene ring substituents is 1. The molecule has 1 heterocycles. The molecule has 0 saturated carbocycles. The molecular weight excluding hydrogens is 275 g/mol. The summed E-state index contributed by atoms with van der Waals surface area (Å²) in [6.07, 6.45) is -4.92. The minimum atomic E-state index is -4.92. The van der Waals surface area contributed by atoms with Crippen molar-refractivity contribution in [3.05, 3.63) is 22.2 Å². The number of aromatic nitrogens is 1. The summed E-state index contributed by atoms with van der Waals surface area (Å²) in [5.41, 5.74) is 4.72. The summed E-state index contributed by atoms with van der Waals surface area (Å²) in [5, 5.41) is 10.8. The van der Waals surface area contributed by atoms with Gasteiger partial charge in [-0.1, -0.05) is 11.3 Å². The van der Waals surface area contributed by atoms with Crippen molar-refractivity contribution in [1.29, 1.82) is 0 Å². The summed E-state index contributed by atoms with van der Waals surface area (Å²) in [5.74, 6) is -0.676. The molecule has 1 aromatic heterocycles. The number of rotatable bonds is 2. The van der Waals surface area contributed by atoms with Crippen molar-refractivity contribution in [1.82, 2.24) is 4.98 Å². The van der Waals surface area contributed by atoms with E-state index in [1.165, 1.54) is 0 Å². The zero-order chi connectivity index (χ0) is 13.5. The Morgan fingerprint density at radius 2 is 2.11 bits per heavy atom. The number of hydrogen-bond acceptors (Lipinski definition) is 6. The molecule has 0 spiro atoms. The van der Waals surface area contributed by atoms with Crippen molar-refractivity contribution in [2.24, 2.45) is 0 Å². The molecule has 0 bridgehead atoms. The van der Waals surface area contributed by atoms with Crippen molar-refractivity contribution in [2.45, 2.75) is 6.36 Å². The van der Waals surface area contributed by atoms with Crippen LogP contribution in [0.1, 0.15) is 0 Å². The van der Waals surface area contributed by atoms with Gasteiger partial charge < -0.3 is 10.5 Å². The van der Waals surface area contributed by atoms with Gasteiger partial charge in [0.05, 0.1) is 15.7 Å². The molecule has 2 N–H and O–H groups in total. The maximum absolute atomic E-state index is 12.1. The third kappa shape index (κ3) is 2.42. The normalized spacial score (nSPS) is 11.7. The Balaban J connectivity index is 2.60. The second-order valence-electron chi connectivity index (χ2n) is 3.15. The van der Waals surface area contributed by atoms with Crippen molar-refractivity contribution >= 4 is 32.4 Å². The number of halogens is 3. The number of nitrogen functional groups attached to an aromatic ring is 1. The van der Waals surface area contributed by atoms with Crippen LogP contribution in [0.5, 0.6) is 5.75 Å². The van der Waals surface area contributed by atoms with Gasteiger partial charge in [0.25, 0.3) is 5.69 Å². The van der Waals surface area contributed by atoms with Crippen LogP contribution >= 0.6 is 11.3 Å². The molecule has 0 aliphatic carbocycles. The van der Waals surface area contributed by atoms with E-state index in [2.05, 4.69) is 9.72 Å². The predicted molar refractivity (Wildman–Crippen MR) is 57.4 cm³/mol. The fraction of sp³-hybridized carbons (Fsp3) is 0.125. The molecule has 18 heavy (non-hydrogen) atoms. The third-order valence-corrected chi connectivity index (χ3v) is 2.73. The summed E-state index contributed by atoms with van der Waals surface area (Å²) >= 11 is 0.839. The van der Waals surface area contributed by atoms with Gasteiger partial charge in [0.15, 0.2) is 10.6 Å². The fourth-order valence-electron chi connectivity index (χ4n) is 1.34. The minimum Gasteiger partial charge on any atom is -0.405 e. The summed E-state index contributed by atoms with van der Waals surface area (Å²) in [7, 11) is 0. The first-order chi connectivity index (χ1) is 8.26.